The van der Waals surface area contributed by atoms with Gasteiger partial charge in [-0.3, -0.25) is 9.97 Å². The number of rotatable bonds is 10. The summed E-state index contributed by atoms with van der Waals surface area (Å²) in [7, 11) is 0. The van der Waals surface area contributed by atoms with Gasteiger partial charge in [-0.15, -0.1) is 0 Å². The number of hydrogen-bond donors (Lipinski definition) is 1. The van der Waals surface area contributed by atoms with E-state index in [1.807, 2.05) is 64.1 Å². The van der Waals surface area contributed by atoms with Gasteiger partial charge in [-0.05, 0) is 52.0 Å². The van der Waals surface area contributed by atoms with E-state index in [0.29, 0.717) is 31.8 Å². The highest BCUT2D eigenvalue weighted by Gasteiger charge is 2.00. The summed E-state index contributed by atoms with van der Waals surface area (Å²) in [4.78, 5) is 28.6. The second kappa shape index (κ2) is 14.8. The first kappa shape index (κ1) is 24.9. The molecule has 0 aliphatic rings. The monoisotopic (exact) mass is 414 g/mol. The van der Waals surface area contributed by atoms with Crippen LogP contribution < -0.4 is 0 Å². The molecular weight excluding hydrogens is 384 g/mol. The maximum atomic E-state index is 10.0. The Hall–Kier alpha value is -3.13. The highest BCUT2D eigenvalue weighted by Crippen LogP contribution is 2.01. The summed E-state index contributed by atoms with van der Waals surface area (Å²) < 4.78 is 0. The number of oxime groups is 2. The maximum Gasteiger partial charge on any atom is 0.123 e. The van der Waals surface area contributed by atoms with Gasteiger partial charge in [-0.25, -0.2) is 0 Å². The van der Waals surface area contributed by atoms with Gasteiger partial charge in [0.2, 0.25) is 0 Å². The zero-order valence-electron chi connectivity index (χ0n) is 18.0. The van der Waals surface area contributed by atoms with E-state index in [-0.39, 0.29) is 6.61 Å². The number of aldehydes is 1. The van der Waals surface area contributed by atoms with Crippen LogP contribution in [-0.2, 0) is 14.5 Å². The van der Waals surface area contributed by atoms with E-state index in [1.165, 1.54) is 0 Å². The predicted molar refractivity (Wildman–Crippen MR) is 117 cm³/mol. The smallest absolute Gasteiger partial charge is 0.123 e. The molecule has 0 radical (unpaired) electrons. The quantitative estimate of drug-likeness (QED) is 0.277. The molecule has 0 fully saturated rings. The SMILES string of the molecule is C/C(=N\OCCC=O)c1cccc(C)n1.C/C(=N\OCCCO)c1cccc(C)n1. The second-order valence-electron chi connectivity index (χ2n) is 6.38. The van der Waals surface area contributed by atoms with Gasteiger partial charge in [0.25, 0.3) is 0 Å². The van der Waals surface area contributed by atoms with Crippen LogP contribution in [-0.4, -0.2) is 52.6 Å². The van der Waals surface area contributed by atoms with Gasteiger partial charge in [-0.2, -0.15) is 0 Å². The Morgan fingerprint density at radius 3 is 1.87 bits per heavy atom. The average molecular weight is 415 g/mol. The van der Waals surface area contributed by atoms with E-state index in [2.05, 4.69) is 20.3 Å². The second-order valence-corrected chi connectivity index (χ2v) is 6.38. The van der Waals surface area contributed by atoms with E-state index >= 15 is 0 Å². The maximum absolute atomic E-state index is 10.0. The molecule has 2 aromatic rings. The van der Waals surface area contributed by atoms with Crippen molar-refractivity contribution in [3.8, 4) is 0 Å². The van der Waals surface area contributed by atoms with Crippen LogP contribution in [0.5, 0.6) is 0 Å². The summed E-state index contributed by atoms with van der Waals surface area (Å²) in [5, 5.41) is 16.3. The van der Waals surface area contributed by atoms with E-state index in [4.69, 9.17) is 14.8 Å². The lowest BCUT2D eigenvalue weighted by Gasteiger charge is -2.01. The van der Waals surface area contributed by atoms with Crippen molar-refractivity contribution in [3.05, 3.63) is 59.2 Å². The zero-order valence-corrected chi connectivity index (χ0v) is 18.0. The van der Waals surface area contributed by atoms with Crippen molar-refractivity contribution in [1.29, 1.82) is 0 Å². The van der Waals surface area contributed by atoms with Crippen LogP contribution in [0.3, 0.4) is 0 Å². The molecule has 0 aliphatic heterocycles. The minimum absolute atomic E-state index is 0.122. The molecule has 2 heterocycles. The minimum atomic E-state index is 0.122. The Morgan fingerprint density at radius 2 is 1.43 bits per heavy atom. The van der Waals surface area contributed by atoms with Gasteiger partial charge < -0.3 is 19.6 Å². The summed E-state index contributed by atoms with van der Waals surface area (Å²) >= 11 is 0. The van der Waals surface area contributed by atoms with Gasteiger partial charge in [0.15, 0.2) is 0 Å². The largest absolute Gasteiger partial charge is 0.396 e. The zero-order chi connectivity index (χ0) is 22.2. The number of aliphatic hydroxyl groups is 1. The standard InChI is InChI=1S/C11H16N2O2.C11H14N2O2/c2*1-9-5-3-6-11(12-9)10(2)13-15-8-4-7-14/h3,5-6,14H,4,7-8H2,1-2H3;3,5-7H,4,8H2,1-2H3/b2*13-10+. The molecular formula is C22H30N4O4. The van der Waals surface area contributed by atoms with Gasteiger partial charge in [-0.1, -0.05) is 22.4 Å². The molecule has 8 nitrogen and oxygen atoms in total. The Labute approximate surface area is 177 Å². The minimum Gasteiger partial charge on any atom is -0.396 e. The number of carbonyl (C=O) groups is 1. The van der Waals surface area contributed by atoms with E-state index in [9.17, 15) is 4.79 Å². The van der Waals surface area contributed by atoms with Crippen LogP contribution in [0.2, 0.25) is 0 Å². The highest BCUT2D eigenvalue weighted by atomic mass is 16.6. The molecule has 8 heteroatoms. The van der Waals surface area contributed by atoms with Gasteiger partial charge in [0.1, 0.15) is 30.9 Å². The first-order chi connectivity index (χ1) is 14.5. The van der Waals surface area contributed by atoms with E-state index in [0.717, 1.165) is 34.8 Å². The number of aromatic nitrogens is 2. The van der Waals surface area contributed by atoms with Crippen molar-refractivity contribution < 1.29 is 19.6 Å². The molecule has 0 bridgehead atoms. The Kier molecular flexibility index (Phi) is 12.3. The summed E-state index contributed by atoms with van der Waals surface area (Å²) in [6, 6.07) is 11.5. The average Bonchev–Trinajstić information content (AvgIpc) is 2.74. The summed E-state index contributed by atoms with van der Waals surface area (Å²) in [6.45, 7) is 8.39. The fourth-order valence-corrected chi connectivity index (χ4v) is 2.10. The number of aryl methyl sites for hydroxylation is 2. The van der Waals surface area contributed by atoms with E-state index < -0.39 is 0 Å². The fraction of sp³-hybridized carbons (Fsp3) is 0.409. The van der Waals surface area contributed by atoms with Gasteiger partial charge >= 0.3 is 0 Å². The Balaban J connectivity index is 0.000000300. The molecule has 2 rings (SSSR count). The molecule has 0 amide bonds. The molecule has 0 aliphatic carbocycles. The number of pyridine rings is 2. The third-order valence-electron chi connectivity index (χ3n) is 3.64. The molecule has 0 spiro atoms. The number of nitrogens with zero attached hydrogens (tertiary/aromatic N) is 4. The normalized spacial score (nSPS) is 11.4. The molecule has 0 aromatic carbocycles. The fourth-order valence-electron chi connectivity index (χ4n) is 2.10. The van der Waals surface area contributed by atoms with Crippen LogP contribution in [0.15, 0.2) is 46.7 Å². The van der Waals surface area contributed by atoms with Gasteiger partial charge in [0.05, 0.1) is 11.4 Å². The van der Waals surface area contributed by atoms with Gasteiger partial charge in [0, 0.05) is 30.8 Å². The summed E-state index contributed by atoms with van der Waals surface area (Å²) in [5.41, 5.74) is 4.97. The van der Waals surface area contributed by atoms with Crippen molar-refractivity contribution in [1.82, 2.24) is 9.97 Å². The molecule has 1 N–H and O–H groups in total. The Morgan fingerprint density at radius 1 is 0.933 bits per heavy atom. The first-order valence-corrected chi connectivity index (χ1v) is 9.73. The van der Waals surface area contributed by atoms with Crippen LogP contribution in [0.25, 0.3) is 0 Å². The van der Waals surface area contributed by atoms with Crippen LogP contribution in [0.1, 0.15) is 49.5 Å². The third-order valence-corrected chi connectivity index (χ3v) is 3.64. The molecule has 0 atom stereocenters. The molecule has 2 aromatic heterocycles. The highest BCUT2D eigenvalue weighted by molar-refractivity contribution is 5.96. The topological polar surface area (TPSA) is 106 Å². The Bertz CT molecular complexity index is 837. The van der Waals surface area contributed by atoms with Crippen molar-refractivity contribution in [2.75, 3.05) is 19.8 Å². The number of carbonyl (C=O) groups excluding carboxylic acids is 1. The first-order valence-electron chi connectivity index (χ1n) is 9.73. The lowest BCUT2D eigenvalue weighted by Crippen LogP contribution is -2.01. The lowest BCUT2D eigenvalue weighted by molar-refractivity contribution is -0.108. The molecule has 0 unspecified atom stereocenters. The molecule has 0 saturated carbocycles. The van der Waals surface area contributed by atoms with Crippen molar-refractivity contribution in [3.63, 3.8) is 0 Å². The lowest BCUT2D eigenvalue weighted by atomic mass is 10.2. The van der Waals surface area contributed by atoms with Crippen LogP contribution in [0.4, 0.5) is 0 Å². The number of aliphatic hydroxyl groups excluding tert-OH is 1. The van der Waals surface area contributed by atoms with Crippen LogP contribution >= 0.6 is 0 Å². The summed E-state index contributed by atoms with van der Waals surface area (Å²) in [5.74, 6) is 0. The predicted octanol–water partition coefficient (Wildman–Crippen LogP) is 3.23. The molecule has 162 valence electrons. The molecule has 0 saturated heterocycles. The van der Waals surface area contributed by atoms with Crippen LogP contribution in [0, 0.1) is 13.8 Å². The van der Waals surface area contributed by atoms with E-state index in [1.54, 1.807) is 0 Å². The third kappa shape index (κ3) is 10.4. The number of hydrogen-bond acceptors (Lipinski definition) is 8. The molecule has 30 heavy (non-hydrogen) atoms. The summed E-state index contributed by atoms with van der Waals surface area (Å²) in [6.07, 6.45) is 1.76. The van der Waals surface area contributed by atoms with Crippen molar-refractivity contribution in [2.45, 2.75) is 40.5 Å². The van der Waals surface area contributed by atoms with Crippen molar-refractivity contribution >= 4 is 17.7 Å². The van der Waals surface area contributed by atoms with Crippen molar-refractivity contribution in [2.24, 2.45) is 10.3 Å².